The fourth-order valence-corrected chi connectivity index (χ4v) is 5.27. The summed E-state index contributed by atoms with van der Waals surface area (Å²) in [6.45, 7) is 4.89. The fourth-order valence-electron chi connectivity index (χ4n) is 5.14. The molecule has 1 heterocycles. The average molecular weight is 595 g/mol. The topological polar surface area (TPSA) is 80.2 Å². The number of nitrogens with zero attached hydrogens (tertiary/aromatic N) is 1. The number of rotatable bonds is 13. The number of carbonyl (C=O) groups excluding carboxylic acids is 1. The molecule has 2 N–H and O–H groups in total. The Morgan fingerprint density at radius 2 is 1.63 bits per heavy atom. The summed E-state index contributed by atoms with van der Waals surface area (Å²) in [5.74, 6) is 0.840. The van der Waals surface area contributed by atoms with Crippen LogP contribution in [0, 0.1) is 0 Å². The zero-order valence-electron chi connectivity index (χ0n) is 23.9. The first-order valence-electron chi connectivity index (χ1n) is 14.4. The molecule has 0 fully saturated rings. The van der Waals surface area contributed by atoms with Crippen LogP contribution in [0.25, 0.3) is 11.1 Å². The summed E-state index contributed by atoms with van der Waals surface area (Å²) in [6, 6.07) is 33.2. The molecule has 1 aliphatic rings. The van der Waals surface area contributed by atoms with Crippen LogP contribution in [0.15, 0.2) is 121 Å². The van der Waals surface area contributed by atoms with E-state index in [1.807, 2.05) is 91.0 Å². The third-order valence-electron chi connectivity index (χ3n) is 7.42. The maximum Gasteiger partial charge on any atom is 0.252 e. The first-order chi connectivity index (χ1) is 21.0. The molecule has 0 bridgehead atoms. The van der Waals surface area contributed by atoms with Gasteiger partial charge < -0.3 is 19.9 Å². The molecule has 220 valence electrons. The van der Waals surface area contributed by atoms with Crippen molar-refractivity contribution in [2.75, 3.05) is 19.8 Å². The highest BCUT2D eigenvalue weighted by molar-refractivity contribution is 6.30. The Hall–Kier alpha value is -4.39. The molecule has 1 amide bonds. The smallest absolute Gasteiger partial charge is 0.252 e. The number of ether oxygens (including phenoxy) is 2. The number of aliphatic hydroxyl groups excluding tert-OH is 1. The van der Waals surface area contributed by atoms with Crippen LogP contribution in [0.4, 0.5) is 0 Å². The van der Waals surface area contributed by atoms with Gasteiger partial charge in [0.15, 0.2) is 11.6 Å². The van der Waals surface area contributed by atoms with Gasteiger partial charge in [0.1, 0.15) is 5.75 Å². The second-order valence-corrected chi connectivity index (χ2v) is 10.8. The van der Waals surface area contributed by atoms with Gasteiger partial charge >= 0.3 is 0 Å². The Labute approximate surface area is 257 Å². The molecule has 6 nitrogen and oxygen atoms in total. The minimum Gasteiger partial charge on any atom is -0.494 e. The average Bonchev–Trinajstić information content (AvgIpc) is 3.43. The second kappa shape index (κ2) is 14.2. The lowest BCUT2D eigenvalue weighted by molar-refractivity contribution is -0.128. The number of hydrogen-bond acceptors (Lipinski definition) is 5. The van der Waals surface area contributed by atoms with Gasteiger partial charge in [-0.05, 0) is 65.1 Å². The molecule has 4 aromatic carbocycles. The van der Waals surface area contributed by atoms with E-state index in [2.05, 4.69) is 24.0 Å². The number of aliphatic hydroxyl groups is 1. The summed E-state index contributed by atoms with van der Waals surface area (Å²) >= 11 is 6.03. The lowest BCUT2D eigenvalue weighted by Crippen LogP contribution is -2.48. The van der Waals surface area contributed by atoms with E-state index in [0.29, 0.717) is 42.7 Å². The van der Waals surface area contributed by atoms with Crippen molar-refractivity contribution in [1.82, 2.24) is 5.32 Å². The van der Waals surface area contributed by atoms with Gasteiger partial charge in [-0.15, -0.1) is 6.58 Å². The van der Waals surface area contributed by atoms with E-state index in [0.717, 1.165) is 27.8 Å². The van der Waals surface area contributed by atoms with Crippen LogP contribution in [0.2, 0.25) is 5.02 Å². The summed E-state index contributed by atoms with van der Waals surface area (Å²) in [5, 5.41) is 12.8. The van der Waals surface area contributed by atoms with Gasteiger partial charge in [0.25, 0.3) is 5.91 Å². The molecule has 2 atom stereocenters. The zero-order valence-corrected chi connectivity index (χ0v) is 24.7. The Bertz CT molecular complexity index is 1540. The number of benzene rings is 4. The molecular weight excluding hydrogens is 560 g/mol. The van der Waals surface area contributed by atoms with Crippen LogP contribution >= 0.6 is 11.6 Å². The van der Waals surface area contributed by atoms with Crippen LogP contribution in [0.1, 0.15) is 35.6 Å². The van der Waals surface area contributed by atoms with Crippen molar-refractivity contribution in [3.63, 3.8) is 0 Å². The Balaban J connectivity index is 1.43. The van der Waals surface area contributed by atoms with Crippen molar-refractivity contribution in [3.05, 3.63) is 137 Å². The van der Waals surface area contributed by atoms with Gasteiger partial charge in [0.2, 0.25) is 5.90 Å². The summed E-state index contributed by atoms with van der Waals surface area (Å²) in [6.07, 6.45) is 2.55. The quantitative estimate of drug-likeness (QED) is 0.130. The van der Waals surface area contributed by atoms with Crippen molar-refractivity contribution >= 4 is 23.4 Å². The van der Waals surface area contributed by atoms with Crippen molar-refractivity contribution < 1.29 is 19.4 Å². The predicted molar refractivity (Wildman–Crippen MR) is 172 cm³/mol. The maximum absolute atomic E-state index is 14.0. The molecule has 0 unspecified atom stereocenters. The number of aliphatic imine (C=N–C) groups is 1. The van der Waals surface area contributed by atoms with Crippen LogP contribution in [0.5, 0.6) is 5.75 Å². The van der Waals surface area contributed by atoms with E-state index in [-0.39, 0.29) is 18.9 Å². The molecule has 0 aliphatic carbocycles. The van der Waals surface area contributed by atoms with E-state index in [4.69, 9.17) is 31.2 Å². The molecule has 0 saturated heterocycles. The SMILES string of the molecule is C=CC[C@@]1(C(=O)NCCc2ccc(Cl)cc2)N=C(c2ccc(OCCCO)cc2)O[C@@H]1c1ccc(-c2ccccc2)cc1. The van der Waals surface area contributed by atoms with Crippen molar-refractivity contribution in [2.24, 2.45) is 4.99 Å². The van der Waals surface area contributed by atoms with Gasteiger partial charge in [-0.2, -0.15) is 0 Å². The first-order valence-corrected chi connectivity index (χ1v) is 14.8. The lowest BCUT2D eigenvalue weighted by atomic mass is 9.84. The molecule has 43 heavy (non-hydrogen) atoms. The molecule has 4 aromatic rings. The maximum atomic E-state index is 14.0. The molecule has 1 aliphatic heterocycles. The van der Waals surface area contributed by atoms with E-state index < -0.39 is 11.6 Å². The van der Waals surface area contributed by atoms with Crippen LogP contribution in [0.3, 0.4) is 0 Å². The van der Waals surface area contributed by atoms with Gasteiger partial charge in [-0.1, -0.05) is 84.4 Å². The van der Waals surface area contributed by atoms with Gasteiger partial charge in [0.05, 0.1) is 6.61 Å². The normalized spacial score (nSPS) is 17.5. The molecule has 0 radical (unpaired) electrons. The van der Waals surface area contributed by atoms with E-state index in [1.165, 1.54) is 0 Å². The highest BCUT2D eigenvalue weighted by atomic mass is 35.5. The zero-order chi connectivity index (χ0) is 30.1. The number of hydrogen-bond donors (Lipinski definition) is 2. The number of carbonyl (C=O) groups is 1. The number of amides is 1. The third kappa shape index (κ3) is 7.16. The highest BCUT2D eigenvalue weighted by Gasteiger charge is 2.52. The summed E-state index contributed by atoms with van der Waals surface area (Å²) in [7, 11) is 0. The van der Waals surface area contributed by atoms with Crippen LogP contribution in [-0.4, -0.2) is 42.2 Å². The van der Waals surface area contributed by atoms with Gasteiger partial charge in [-0.25, -0.2) is 4.99 Å². The van der Waals surface area contributed by atoms with Gasteiger partial charge in [0, 0.05) is 36.6 Å². The highest BCUT2D eigenvalue weighted by Crippen LogP contribution is 2.43. The van der Waals surface area contributed by atoms with Crippen molar-refractivity contribution in [2.45, 2.75) is 30.9 Å². The van der Waals surface area contributed by atoms with Crippen molar-refractivity contribution in [3.8, 4) is 16.9 Å². The summed E-state index contributed by atoms with van der Waals surface area (Å²) in [5.41, 5.74) is 3.58. The Kier molecular flexibility index (Phi) is 9.92. The standard InChI is InChI=1S/C36H35ClN2O4/c1-2-22-36(35(41)38-23-21-26-9-17-31(37)18-10-26)33(29-13-11-28(12-14-29)27-7-4-3-5-8-27)43-34(39-36)30-15-19-32(20-16-30)42-25-6-24-40/h2-5,7-20,33,40H,1,6,21-25H2,(H,38,41)/t33-,36-/m1/s1. The largest absolute Gasteiger partial charge is 0.494 e. The minimum atomic E-state index is -1.25. The van der Waals surface area contributed by atoms with E-state index in [9.17, 15) is 4.79 Å². The summed E-state index contributed by atoms with van der Waals surface area (Å²) in [4.78, 5) is 19.0. The first kappa shape index (κ1) is 30.1. The molecule has 0 saturated carbocycles. The third-order valence-corrected chi connectivity index (χ3v) is 7.67. The number of nitrogens with one attached hydrogen (secondary N) is 1. The van der Waals surface area contributed by atoms with Crippen LogP contribution in [-0.2, 0) is 16.0 Å². The minimum absolute atomic E-state index is 0.0730. The summed E-state index contributed by atoms with van der Waals surface area (Å²) < 4.78 is 12.2. The van der Waals surface area contributed by atoms with E-state index in [1.54, 1.807) is 6.08 Å². The second-order valence-electron chi connectivity index (χ2n) is 10.4. The Morgan fingerprint density at radius 3 is 2.30 bits per heavy atom. The van der Waals surface area contributed by atoms with E-state index >= 15 is 0 Å². The van der Waals surface area contributed by atoms with Crippen molar-refractivity contribution in [1.29, 1.82) is 0 Å². The number of halogens is 1. The Morgan fingerprint density at radius 1 is 0.953 bits per heavy atom. The van der Waals surface area contributed by atoms with Crippen LogP contribution < -0.4 is 10.1 Å². The lowest BCUT2D eigenvalue weighted by Gasteiger charge is -2.30. The molecule has 0 aromatic heterocycles. The molecule has 5 rings (SSSR count). The molecular formula is C36H35ClN2O4. The molecule has 7 heteroatoms. The monoisotopic (exact) mass is 594 g/mol. The predicted octanol–water partition coefficient (Wildman–Crippen LogP) is 6.96. The van der Waals surface area contributed by atoms with Gasteiger partial charge in [-0.3, -0.25) is 4.79 Å². The fraction of sp³-hybridized carbons (Fsp3) is 0.222. The molecule has 0 spiro atoms.